The Morgan fingerprint density at radius 1 is 1.33 bits per heavy atom. The highest BCUT2D eigenvalue weighted by Gasteiger charge is 2.24. The van der Waals surface area contributed by atoms with Gasteiger partial charge in [0.2, 0.25) is 4.34 Å². The van der Waals surface area contributed by atoms with Crippen molar-refractivity contribution in [1.82, 2.24) is 9.97 Å². The van der Waals surface area contributed by atoms with Gasteiger partial charge in [-0.05, 0) is 43.2 Å². The van der Waals surface area contributed by atoms with Crippen LogP contribution in [0, 0.1) is 17.1 Å². The molecule has 0 radical (unpaired) electrons. The minimum Gasteiger partial charge on any atom is -0.384 e. The van der Waals surface area contributed by atoms with Gasteiger partial charge in [-0.1, -0.05) is 27.7 Å². The summed E-state index contributed by atoms with van der Waals surface area (Å²) in [5.41, 5.74) is 0.725. The number of aliphatic hydroxyl groups is 1. The molecule has 7 nitrogen and oxygen atoms in total. The maximum Gasteiger partial charge on any atom is 0.204 e. The van der Waals surface area contributed by atoms with Gasteiger partial charge in [0, 0.05) is 11.1 Å². The maximum atomic E-state index is 14.8. The Hall–Kier alpha value is -1.93. The van der Waals surface area contributed by atoms with Crippen molar-refractivity contribution in [3.8, 4) is 6.07 Å². The molecule has 0 saturated carbocycles. The molecular formula is C20H28FN5O2S2. The molecule has 0 amide bonds. The van der Waals surface area contributed by atoms with Crippen molar-refractivity contribution in [3.05, 3.63) is 39.4 Å². The maximum absolute atomic E-state index is 14.8. The standard InChI is InChI=1S/C20H28FN5O2S2/c1-11(2)16-13(18(12(3)4)25-14(9-22)17(16)21)7-8-24-30(23,28)19-26-15(10-29-19)20(5,6)27/h10-12,27H,7-8H2,1-6H3,(H2,23,24,28). The molecule has 1 atom stereocenters. The molecule has 164 valence electrons. The van der Waals surface area contributed by atoms with Crippen LogP contribution < -0.4 is 5.14 Å². The summed E-state index contributed by atoms with van der Waals surface area (Å²) in [5.74, 6) is -0.806. The molecule has 30 heavy (non-hydrogen) atoms. The number of pyridine rings is 1. The molecule has 1 unspecified atom stereocenters. The third-order valence-electron chi connectivity index (χ3n) is 4.55. The number of nitrogens with zero attached hydrogens (tertiary/aromatic N) is 4. The normalized spacial score (nSPS) is 14.1. The number of hydrogen-bond donors (Lipinski definition) is 2. The third kappa shape index (κ3) is 5.21. The van der Waals surface area contributed by atoms with Crippen LogP contribution in [0.1, 0.15) is 81.6 Å². The van der Waals surface area contributed by atoms with Gasteiger partial charge in [0.1, 0.15) is 11.7 Å². The zero-order chi connectivity index (χ0) is 22.9. The van der Waals surface area contributed by atoms with Gasteiger partial charge in [-0.15, -0.1) is 11.3 Å². The van der Waals surface area contributed by atoms with Crippen molar-refractivity contribution in [2.45, 2.75) is 69.7 Å². The van der Waals surface area contributed by atoms with Crippen molar-refractivity contribution in [2.24, 2.45) is 9.50 Å². The highest BCUT2D eigenvalue weighted by atomic mass is 32.2. The monoisotopic (exact) mass is 453 g/mol. The Balaban J connectivity index is 2.43. The van der Waals surface area contributed by atoms with Crippen LogP contribution in [-0.2, 0) is 21.9 Å². The summed E-state index contributed by atoms with van der Waals surface area (Å²) < 4.78 is 32.0. The second kappa shape index (κ2) is 9.06. The number of rotatable bonds is 7. The largest absolute Gasteiger partial charge is 0.384 e. The average Bonchev–Trinajstić information content (AvgIpc) is 3.12. The van der Waals surface area contributed by atoms with E-state index in [1.807, 2.05) is 33.8 Å². The van der Waals surface area contributed by atoms with Crippen LogP contribution in [0.5, 0.6) is 0 Å². The van der Waals surface area contributed by atoms with Crippen molar-refractivity contribution in [1.29, 1.82) is 5.26 Å². The molecule has 0 saturated heterocycles. The van der Waals surface area contributed by atoms with E-state index >= 15 is 0 Å². The van der Waals surface area contributed by atoms with Crippen LogP contribution in [0.4, 0.5) is 4.39 Å². The van der Waals surface area contributed by atoms with Crippen LogP contribution in [0.3, 0.4) is 0 Å². The molecule has 0 aliphatic heterocycles. The highest BCUT2D eigenvalue weighted by molar-refractivity contribution is 7.93. The van der Waals surface area contributed by atoms with E-state index < -0.39 is 21.3 Å². The summed E-state index contributed by atoms with van der Waals surface area (Å²) >= 11 is 1.08. The second-order valence-corrected chi connectivity index (χ2v) is 11.1. The lowest BCUT2D eigenvalue weighted by atomic mass is 9.89. The van der Waals surface area contributed by atoms with Crippen molar-refractivity contribution < 1.29 is 13.7 Å². The molecule has 0 fully saturated rings. The lowest BCUT2D eigenvalue weighted by molar-refractivity contribution is 0.0741. The van der Waals surface area contributed by atoms with E-state index in [2.05, 4.69) is 14.3 Å². The molecule has 0 bridgehead atoms. The summed E-state index contributed by atoms with van der Waals surface area (Å²) in [6, 6.07) is 1.83. The van der Waals surface area contributed by atoms with E-state index in [0.717, 1.165) is 11.3 Å². The van der Waals surface area contributed by atoms with Crippen molar-refractivity contribution >= 4 is 21.3 Å². The first kappa shape index (κ1) is 24.3. The molecule has 2 aromatic heterocycles. The van der Waals surface area contributed by atoms with Crippen LogP contribution in [0.15, 0.2) is 14.1 Å². The first-order chi connectivity index (χ1) is 13.8. The lowest BCUT2D eigenvalue weighted by Crippen LogP contribution is -2.18. The zero-order valence-electron chi connectivity index (χ0n) is 18.1. The molecule has 0 aliphatic carbocycles. The van der Waals surface area contributed by atoms with Crippen LogP contribution in [0.25, 0.3) is 0 Å². The van der Waals surface area contributed by atoms with Gasteiger partial charge in [0.05, 0.1) is 12.2 Å². The molecular weight excluding hydrogens is 425 g/mol. The van der Waals surface area contributed by atoms with Crippen LogP contribution in [-0.4, -0.2) is 25.8 Å². The zero-order valence-corrected chi connectivity index (χ0v) is 19.7. The first-order valence-corrected chi connectivity index (χ1v) is 12.1. The van der Waals surface area contributed by atoms with Crippen LogP contribution in [0.2, 0.25) is 0 Å². The Kier molecular flexibility index (Phi) is 7.35. The molecule has 0 aliphatic rings. The van der Waals surface area contributed by atoms with E-state index in [0.29, 0.717) is 22.5 Å². The van der Waals surface area contributed by atoms with Gasteiger partial charge in [0.15, 0.2) is 21.4 Å². The summed E-state index contributed by atoms with van der Waals surface area (Å²) in [7, 11) is -3.25. The molecule has 3 N–H and O–H groups in total. The molecule has 2 aromatic rings. The van der Waals surface area contributed by atoms with Gasteiger partial charge >= 0.3 is 0 Å². The SMILES string of the molecule is CC(C)c1nc(C#N)c(F)c(C(C)C)c1CCN=S(N)(=O)c1nc(C(C)(C)O)cs1. The minimum atomic E-state index is -3.25. The lowest BCUT2D eigenvalue weighted by Gasteiger charge is -2.20. The fraction of sp³-hybridized carbons (Fsp3) is 0.550. The number of halogens is 1. The molecule has 0 aromatic carbocycles. The van der Waals surface area contributed by atoms with E-state index in [9.17, 15) is 19.0 Å². The summed E-state index contributed by atoms with van der Waals surface area (Å²) in [4.78, 5) is 8.39. The van der Waals surface area contributed by atoms with Gasteiger partial charge in [-0.3, -0.25) is 0 Å². The first-order valence-electron chi connectivity index (χ1n) is 9.60. The number of aromatic nitrogens is 2. The number of hydrogen-bond acceptors (Lipinski definition) is 7. The van der Waals surface area contributed by atoms with E-state index in [1.54, 1.807) is 19.2 Å². The third-order valence-corrected chi connectivity index (χ3v) is 7.34. The van der Waals surface area contributed by atoms with E-state index in [-0.39, 0.29) is 34.8 Å². The Morgan fingerprint density at radius 3 is 2.43 bits per heavy atom. The predicted octanol–water partition coefficient (Wildman–Crippen LogP) is 3.97. The highest BCUT2D eigenvalue weighted by Crippen LogP contribution is 2.31. The fourth-order valence-electron chi connectivity index (χ4n) is 3.07. The molecule has 2 heterocycles. The predicted molar refractivity (Wildman–Crippen MR) is 116 cm³/mol. The minimum absolute atomic E-state index is 0.0271. The van der Waals surface area contributed by atoms with Crippen molar-refractivity contribution in [2.75, 3.05) is 6.54 Å². The van der Waals surface area contributed by atoms with Crippen molar-refractivity contribution in [3.63, 3.8) is 0 Å². The van der Waals surface area contributed by atoms with Gasteiger partial charge in [-0.2, -0.15) is 5.26 Å². The van der Waals surface area contributed by atoms with E-state index in [4.69, 9.17) is 5.14 Å². The summed E-state index contributed by atoms with van der Waals surface area (Å²) in [6.07, 6.45) is 0.286. The fourth-order valence-corrected chi connectivity index (χ4v) is 5.33. The second-order valence-electron chi connectivity index (χ2n) is 8.20. The van der Waals surface area contributed by atoms with Gasteiger partial charge in [0.25, 0.3) is 0 Å². The number of thiazole rings is 1. The molecule has 10 heteroatoms. The summed E-state index contributed by atoms with van der Waals surface area (Å²) in [6.45, 7) is 10.8. The smallest absolute Gasteiger partial charge is 0.204 e. The quantitative estimate of drug-likeness (QED) is 0.656. The van der Waals surface area contributed by atoms with Crippen LogP contribution >= 0.6 is 11.3 Å². The Morgan fingerprint density at radius 2 is 1.97 bits per heavy atom. The Bertz CT molecular complexity index is 1090. The molecule has 2 rings (SSSR count). The molecule has 0 spiro atoms. The van der Waals surface area contributed by atoms with Gasteiger partial charge in [-0.25, -0.2) is 28.1 Å². The number of nitriles is 1. The van der Waals surface area contributed by atoms with E-state index in [1.165, 1.54) is 0 Å². The average molecular weight is 454 g/mol. The summed E-state index contributed by atoms with van der Waals surface area (Å²) in [5, 5.41) is 26.8. The van der Waals surface area contributed by atoms with Gasteiger partial charge < -0.3 is 5.11 Å². The number of nitrogens with two attached hydrogens (primary N) is 1. The Labute approximate surface area is 181 Å². The topological polar surface area (TPSA) is 125 Å².